The minimum absolute atomic E-state index is 0. The summed E-state index contributed by atoms with van der Waals surface area (Å²) in [6, 6.07) is 80.2. The molecule has 1 aromatic heterocycles. The maximum atomic E-state index is 7.10. The van der Waals surface area contributed by atoms with E-state index in [0.29, 0.717) is 11.5 Å². The number of ether oxygens (including phenoxy) is 1. The predicted molar refractivity (Wildman–Crippen MR) is 365 cm³/mol. The fourth-order valence-electron chi connectivity index (χ4n) is 13.1. The van der Waals surface area contributed by atoms with Gasteiger partial charge in [0.15, 0.2) is 0 Å². The molecule has 9 aromatic carbocycles. The van der Waals surface area contributed by atoms with Crippen molar-refractivity contribution in [2.45, 2.75) is 131 Å². The molecule has 0 amide bonds. The first-order valence-corrected chi connectivity index (χ1v) is 32.6. The zero-order valence-electron chi connectivity index (χ0n) is 53.1. The van der Waals surface area contributed by atoms with Crippen LogP contribution >= 0.6 is 0 Å². The molecule has 3 aliphatic rings. The van der Waals surface area contributed by atoms with Crippen molar-refractivity contribution in [3.05, 3.63) is 247 Å². The van der Waals surface area contributed by atoms with Crippen LogP contribution in [0.15, 0.2) is 200 Å². The first-order chi connectivity index (χ1) is 40.8. The molecular weight excluding hydrogens is 1260 g/mol. The van der Waals surface area contributed by atoms with Crippen LogP contribution in [0, 0.1) is 18.8 Å². The Morgan fingerprint density at radius 2 is 0.954 bits per heavy atom. The van der Waals surface area contributed by atoms with Crippen LogP contribution < -0.4 is 40.2 Å². The topological polar surface area (TPSA) is 31.8 Å². The number of hydrogen-bond donors (Lipinski definition) is 0. The fourth-order valence-corrected chi connectivity index (χ4v) is 18.6. The van der Waals surface area contributed by atoms with E-state index < -0.39 is 8.07 Å². The third kappa shape index (κ3) is 10.4. The molecular formula is C80H79N4OPtSi-3. The molecule has 0 saturated heterocycles. The van der Waals surface area contributed by atoms with Gasteiger partial charge < -0.3 is 19.4 Å². The monoisotopic (exact) mass is 1330 g/mol. The molecule has 0 aliphatic carbocycles. The van der Waals surface area contributed by atoms with Gasteiger partial charge in [-0.3, -0.25) is 0 Å². The summed E-state index contributed by atoms with van der Waals surface area (Å²) in [5.74, 6) is 2.04. The summed E-state index contributed by atoms with van der Waals surface area (Å²) in [7, 11) is -2.92. The molecule has 0 fully saturated rings. The van der Waals surface area contributed by atoms with Crippen molar-refractivity contribution in [1.29, 1.82) is 0 Å². The van der Waals surface area contributed by atoms with Gasteiger partial charge in [-0.15, -0.1) is 47.9 Å². The van der Waals surface area contributed by atoms with Crippen LogP contribution in [0.2, 0.25) is 0 Å². The maximum Gasteiger partial charge on any atom is 0.135 e. The molecule has 5 nitrogen and oxygen atoms in total. The van der Waals surface area contributed by atoms with Crippen LogP contribution in [0.4, 0.5) is 39.9 Å². The summed E-state index contributed by atoms with van der Waals surface area (Å²) >= 11 is 0. The number of nitrogens with zero attached hydrogens (tertiary/aromatic N) is 4. The molecule has 13 rings (SSSR count). The number of aromatic nitrogens is 1. The van der Waals surface area contributed by atoms with Crippen molar-refractivity contribution in [1.82, 2.24) is 4.98 Å². The quantitative estimate of drug-likeness (QED) is 0.112. The molecule has 1 atom stereocenters. The van der Waals surface area contributed by atoms with Gasteiger partial charge in [0.25, 0.3) is 0 Å². The third-order valence-corrected chi connectivity index (χ3v) is 22.9. The molecule has 0 bridgehead atoms. The fraction of sp³-hybridized carbons (Fsp3) is 0.250. The van der Waals surface area contributed by atoms with Gasteiger partial charge in [0.2, 0.25) is 0 Å². The second kappa shape index (κ2) is 21.5. The van der Waals surface area contributed by atoms with Crippen molar-refractivity contribution in [3.8, 4) is 44.9 Å². The summed E-state index contributed by atoms with van der Waals surface area (Å²) < 4.78 is 7.10. The molecule has 442 valence electrons. The number of para-hydroxylation sites is 2. The van der Waals surface area contributed by atoms with Gasteiger partial charge in [0.05, 0.1) is 0 Å². The molecule has 4 heterocycles. The molecule has 87 heavy (non-hydrogen) atoms. The Kier molecular flexibility index (Phi) is 14.7. The van der Waals surface area contributed by atoms with Crippen molar-refractivity contribution < 1.29 is 25.8 Å². The number of benzene rings is 9. The molecule has 0 radical (unpaired) electrons. The van der Waals surface area contributed by atoms with E-state index in [1.807, 2.05) is 12.3 Å². The average molecular weight is 1340 g/mol. The van der Waals surface area contributed by atoms with Crippen molar-refractivity contribution in [2.75, 3.05) is 14.7 Å². The van der Waals surface area contributed by atoms with E-state index in [1.165, 1.54) is 81.9 Å². The Labute approximate surface area is 533 Å². The number of hydrogen-bond acceptors (Lipinski definition) is 5. The van der Waals surface area contributed by atoms with E-state index >= 15 is 0 Å². The summed E-state index contributed by atoms with van der Waals surface area (Å²) in [6.07, 6.45) is 1.96. The first kappa shape index (κ1) is 59.6. The third-order valence-electron chi connectivity index (χ3n) is 17.9. The van der Waals surface area contributed by atoms with Gasteiger partial charge in [0, 0.05) is 72.6 Å². The van der Waals surface area contributed by atoms with Gasteiger partial charge in [-0.05, 0) is 130 Å². The molecule has 0 N–H and O–H groups in total. The van der Waals surface area contributed by atoms with Crippen LogP contribution in [-0.2, 0) is 48.1 Å². The van der Waals surface area contributed by atoms with Crippen LogP contribution in [0.5, 0.6) is 11.5 Å². The molecule has 1 unspecified atom stereocenters. The van der Waals surface area contributed by atoms with Gasteiger partial charge in [-0.1, -0.05) is 236 Å². The Bertz CT molecular complexity index is 4270. The van der Waals surface area contributed by atoms with Crippen molar-refractivity contribution in [2.24, 2.45) is 0 Å². The Morgan fingerprint density at radius 1 is 0.414 bits per heavy atom. The minimum Gasteiger partial charge on any atom is -0.509 e. The molecule has 0 spiro atoms. The molecule has 0 saturated carbocycles. The van der Waals surface area contributed by atoms with E-state index in [9.17, 15) is 0 Å². The number of rotatable bonds is 8. The molecule has 10 aromatic rings. The summed E-state index contributed by atoms with van der Waals surface area (Å²) in [5, 5.41) is 5.37. The minimum atomic E-state index is -2.92. The number of fused-ring (bicyclic) bond motifs is 6. The molecule has 3 aliphatic heterocycles. The zero-order chi connectivity index (χ0) is 60.5. The van der Waals surface area contributed by atoms with Gasteiger partial charge in [0.1, 0.15) is 13.9 Å². The Balaban J connectivity index is 0.00000739. The van der Waals surface area contributed by atoms with Crippen LogP contribution in [-0.4, -0.2) is 13.1 Å². The van der Waals surface area contributed by atoms with E-state index in [0.717, 1.165) is 39.9 Å². The van der Waals surface area contributed by atoms with Crippen molar-refractivity contribution in [3.63, 3.8) is 0 Å². The van der Waals surface area contributed by atoms with Gasteiger partial charge in [-0.25, -0.2) is 4.98 Å². The number of anilines is 7. The average Bonchev–Trinajstić information content (AvgIpc) is 1.57. The first-order valence-electron chi connectivity index (χ1n) is 30.6. The normalized spacial score (nSPS) is 15.4. The second-order valence-corrected chi connectivity index (χ2v) is 32.7. The van der Waals surface area contributed by atoms with Crippen LogP contribution in [0.1, 0.15) is 132 Å². The van der Waals surface area contributed by atoms with Crippen molar-refractivity contribution >= 4 is 68.8 Å². The number of pyridine rings is 1. The summed E-state index contributed by atoms with van der Waals surface area (Å²) in [5.41, 5.74) is 19.5. The SMILES string of the molecule is CC(C)(C)c1cccc(-c2cc(C(C)(C)C)cc(-c3cc(C(C)(C)C)cc(C(C)(C)C)c3)c2N2[CH-]N(c3[c-]c(Oc4[c-]c5c(cc4)[Si]4(c6ccccc6)c6ccccc6-c6cccc(c64)N5c4cc(C(C)(C)C)ccn4)ccc3)c3ccccc32)c1.[Pt]. The maximum absolute atomic E-state index is 7.10. The Hall–Kier alpha value is -7.76. The standard InChI is InChI=1S/C80H79N4OSi.Pt/c1-76(2,3)54-27-23-26-52(42-54)65-46-58(80(13,14)15)47-66(53-43-56(78(7,8)9)45-57(44-53)79(10,11)12)74(65)83-51-82(67-34-20-21-35-68(67)83)59-28-24-29-60(49-59)85-61-38-39-72-70(50-61)84(73-48-55(40-41-81-73)77(4,5)6)69-36-25-33-64-63-32-19-22-37-71(63)86(72,75(64)69)62-30-17-16-18-31-62;/h16-48,51H,1-15H3;/q-3;. The zero-order valence-corrected chi connectivity index (χ0v) is 56.4. The van der Waals surface area contributed by atoms with E-state index in [1.54, 1.807) is 0 Å². The predicted octanol–water partition coefficient (Wildman–Crippen LogP) is 18.8. The second-order valence-electron chi connectivity index (χ2n) is 29.1. The smallest absolute Gasteiger partial charge is 0.135 e. The van der Waals surface area contributed by atoms with Gasteiger partial charge in [-0.2, -0.15) is 12.1 Å². The summed E-state index contributed by atoms with van der Waals surface area (Å²) in [4.78, 5) is 12.2. The molecule has 7 heteroatoms. The van der Waals surface area contributed by atoms with E-state index in [4.69, 9.17) is 9.72 Å². The summed E-state index contributed by atoms with van der Waals surface area (Å²) in [6.45, 7) is 37.0. The van der Waals surface area contributed by atoms with Crippen LogP contribution in [0.25, 0.3) is 33.4 Å². The van der Waals surface area contributed by atoms with Crippen LogP contribution in [0.3, 0.4) is 0 Å². The van der Waals surface area contributed by atoms with E-state index in [2.05, 4.69) is 325 Å². The van der Waals surface area contributed by atoms with Gasteiger partial charge >= 0.3 is 0 Å². The largest absolute Gasteiger partial charge is 0.509 e. The van der Waals surface area contributed by atoms with E-state index in [-0.39, 0.29) is 48.1 Å². The Morgan fingerprint density at radius 3 is 1.63 bits per heavy atom.